The average Bonchev–Trinajstić information content (AvgIpc) is 3.09. The molecule has 2 heterocycles. The van der Waals surface area contributed by atoms with Crippen LogP contribution in [0.2, 0.25) is 0 Å². The van der Waals surface area contributed by atoms with Crippen LogP contribution < -0.4 is 10.6 Å². The van der Waals surface area contributed by atoms with Gasteiger partial charge in [0.15, 0.2) is 11.8 Å². The number of hydrogen-bond donors (Lipinski definition) is 2. The van der Waals surface area contributed by atoms with Crippen molar-refractivity contribution in [2.45, 2.75) is 52.7 Å². The highest BCUT2D eigenvalue weighted by molar-refractivity contribution is 14.0. The Morgan fingerprint density at radius 3 is 2.64 bits per heavy atom. The predicted octanol–water partition coefficient (Wildman–Crippen LogP) is 3.02. The molecule has 0 saturated carbocycles. The zero-order chi connectivity index (χ0) is 19.1. The summed E-state index contributed by atoms with van der Waals surface area (Å²) in [6, 6.07) is 9.08. The maximum atomic E-state index is 5.00. The van der Waals surface area contributed by atoms with E-state index in [9.17, 15) is 0 Å². The molecule has 7 nitrogen and oxygen atoms in total. The van der Waals surface area contributed by atoms with Gasteiger partial charge in [0.05, 0.1) is 0 Å². The van der Waals surface area contributed by atoms with Gasteiger partial charge >= 0.3 is 0 Å². The lowest BCUT2D eigenvalue weighted by Crippen LogP contribution is -2.48. The third-order valence-corrected chi connectivity index (χ3v) is 4.88. The summed E-state index contributed by atoms with van der Waals surface area (Å²) in [7, 11) is 0. The van der Waals surface area contributed by atoms with Crippen LogP contribution in [0.4, 0.5) is 0 Å². The smallest absolute Gasteiger partial charge is 0.223 e. The summed E-state index contributed by atoms with van der Waals surface area (Å²) in [6.45, 7) is 10.5. The Bertz CT molecular complexity index is 755. The molecule has 0 aliphatic carbocycles. The molecule has 0 radical (unpaired) electrons. The topological polar surface area (TPSA) is 78.6 Å². The number of piperidine rings is 1. The SMILES string of the molecule is CCNC(=NCc1noc(C)n1)NC1CCN(Cc2ccccc2C)CC1.I. The van der Waals surface area contributed by atoms with Gasteiger partial charge in [-0.15, -0.1) is 24.0 Å². The standard InChI is InChI=1S/C20H30N6O.HI/c1-4-21-20(22-13-19-23-16(3)27-25-19)24-18-9-11-26(12-10-18)14-17-8-6-5-7-15(17)2;/h5-8,18H,4,9-14H2,1-3H3,(H2,21,22,24);1H. The molecule has 0 spiro atoms. The first kappa shape index (κ1) is 22.6. The summed E-state index contributed by atoms with van der Waals surface area (Å²) in [5.41, 5.74) is 2.80. The van der Waals surface area contributed by atoms with Crippen LogP contribution in [0.25, 0.3) is 0 Å². The Morgan fingerprint density at radius 1 is 1.25 bits per heavy atom. The summed E-state index contributed by atoms with van der Waals surface area (Å²) < 4.78 is 5.00. The lowest BCUT2D eigenvalue weighted by atomic mass is 10.0. The fourth-order valence-corrected chi connectivity index (χ4v) is 3.33. The molecule has 8 heteroatoms. The molecular weight excluding hydrogens is 467 g/mol. The molecule has 1 saturated heterocycles. The molecule has 1 aromatic carbocycles. The van der Waals surface area contributed by atoms with Crippen molar-refractivity contribution in [2.75, 3.05) is 19.6 Å². The third kappa shape index (κ3) is 6.73. The second kappa shape index (κ2) is 11.4. The van der Waals surface area contributed by atoms with Gasteiger partial charge < -0.3 is 15.2 Å². The minimum absolute atomic E-state index is 0. The van der Waals surface area contributed by atoms with Crippen molar-refractivity contribution >= 4 is 29.9 Å². The zero-order valence-corrected chi connectivity index (χ0v) is 19.3. The minimum atomic E-state index is 0. The van der Waals surface area contributed by atoms with E-state index in [2.05, 4.69) is 68.8 Å². The molecule has 1 aliphatic heterocycles. The molecule has 1 fully saturated rings. The van der Waals surface area contributed by atoms with E-state index in [0.29, 0.717) is 24.3 Å². The Labute approximate surface area is 184 Å². The van der Waals surface area contributed by atoms with E-state index >= 15 is 0 Å². The largest absolute Gasteiger partial charge is 0.357 e. The molecule has 3 rings (SSSR count). The van der Waals surface area contributed by atoms with Crippen LogP contribution in [-0.4, -0.2) is 46.7 Å². The van der Waals surface area contributed by atoms with E-state index < -0.39 is 0 Å². The van der Waals surface area contributed by atoms with Gasteiger partial charge in [0, 0.05) is 39.1 Å². The number of aromatic nitrogens is 2. The van der Waals surface area contributed by atoms with E-state index in [1.165, 1.54) is 11.1 Å². The van der Waals surface area contributed by atoms with Crippen molar-refractivity contribution in [1.82, 2.24) is 25.7 Å². The quantitative estimate of drug-likeness (QED) is 0.362. The van der Waals surface area contributed by atoms with E-state index in [1.54, 1.807) is 6.92 Å². The summed E-state index contributed by atoms with van der Waals surface area (Å²) in [4.78, 5) is 11.3. The van der Waals surface area contributed by atoms with Gasteiger partial charge in [-0.05, 0) is 37.8 Å². The number of halogens is 1. The van der Waals surface area contributed by atoms with Gasteiger partial charge in [0.1, 0.15) is 6.54 Å². The van der Waals surface area contributed by atoms with Gasteiger partial charge in [-0.3, -0.25) is 4.90 Å². The van der Waals surface area contributed by atoms with Crippen LogP contribution >= 0.6 is 24.0 Å². The predicted molar refractivity (Wildman–Crippen MR) is 122 cm³/mol. The van der Waals surface area contributed by atoms with Crippen molar-refractivity contribution in [2.24, 2.45) is 4.99 Å². The molecule has 1 aliphatic rings. The van der Waals surface area contributed by atoms with E-state index in [0.717, 1.165) is 45.0 Å². The number of aryl methyl sites for hydroxylation is 2. The van der Waals surface area contributed by atoms with Crippen molar-refractivity contribution in [3.63, 3.8) is 0 Å². The van der Waals surface area contributed by atoms with Gasteiger partial charge in [0.25, 0.3) is 0 Å². The number of nitrogens with one attached hydrogen (secondary N) is 2. The maximum absolute atomic E-state index is 5.00. The van der Waals surface area contributed by atoms with Gasteiger partial charge in [-0.2, -0.15) is 4.98 Å². The summed E-state index contributed by atoms with van der Waals surface area (Å²) in [6.07, 6.45) is 2.22. The number of benzene rings is 1. The Hall–Kier alpha value is -1.68. The summed E-state index contributed by atoms with van der Waals surface area (Å²) in [5.74, 6) is 1.99. The van der Waals surface area contributed by atoms with Crippen LogP contribution in [0.3, 0.4) is 0 Å². The van der Waals surface area contributed by atoms with Crippen molar-refractivity contribution in [3.8, 4) is 0 Å². The zero-order valence-electron chi connectivity index (χ0n) is 16.9. The Kier molecular flexibility index (Phi) is 9.17. The molecule has 0 unspecified atom stereocenters. The van der Waals surface area contributed by atoms with E-state index in [-0.39, 0.29) is 24.0 Å². The van der Waals surface area contributed by atoms with E-state index in [1.807, 2.05) is 0 Å². The van der Waals surface area contributed by atoms with Crippen LogP contribution in [0.1, 0.15) is 42.6 Å². The van der Waals surface area contributed by atoms with Crippen molar-refractivity contribution < 1.29 is 4.52 Å². The van der Waals surface area contributed by atoms with Crippen LogP contribution in [0, 0.1) is 13.8 Å². The molecule has 28 heavy (non-hydrogen) atoms. The normalized spacial score (nSPS) is 15.9. The number of nitrogens with zero attached hydrogens (tertiary/aromatic N) is 4. The van der Waals surface area contributed by atoms with Crippen LogP contribution in [-0.2, 0) is 13.1 Å². The lowest BCUT2D eigenvalue weighted by Gasteiger charge is -2.33. The Balaban J connectivity index is 0.00000280. The highest BCUT2D eigenvalue weighted by Crippen LogP contribution is 2.16. The molecular formula is C20H31IN6O. The fourth-order valence-electron chi connectivity index (χ4n) is 3.33. The van der Waals surface area contributed by atoms with Crippen LogP contribution in [0.5, 0.6) is 0 Å². The molecule has 0 amide bonds. The first-order chi connectivity index (χ1) is 13.1. The average molecular weight is 498 g/mol. The molecule has 2 aromatic rings. The molecule has 1 aromatic heterocycles. The first-order valence-electron chi connectivity index (χ1n) is 9.75. The van der Waals surface area contributed by atoms with Gasteiger partial charge in [0.2, 0.25) is 5.89 Å². The second-order valence-corrected chi connectivity index (χ2v) is 7.05. The van der Waals surface area contributed by atoms with Crippen molar-refractivity contribution in [1.29, 1.82) is 0 Å². The number of hydrogen-bond acceptors (Lipinski definition) is 5. The lowest BCUT2D eigenvalue weighted by molar-refractivity contribution is 0.198. The number of guanidine groups is 1. The Morgan fingerprint density at radius 2 is 2.00 bits per heavy atom. The monoisotopic (exact) mass is 498 g/mol. The molecule has 154 valence electrons. The second-order valence-electron chi connectivity index (χ2n) is 7.05. The summed E-state index contributed by atoms with van der Waals surface area (Å²) >= 11 is 0. The first-order valence-corrected chi connectivity index (χ1v) is 9.75. The number of rotatable bonds is 6. The van der Waals surface area contributed by atoms with Crippen LogP contribution in [0.15, 0.2) is 33.8 Å². The number of likely N-dealkylation sites (tertiary alicyclic amines) is 1. The number of aliphatic imine (C=N–C) groups is 1. The fraction of sp³-hybridized carbons (Fsp3) is 0.550. The van der Waals surface area contributed by atoms with E-state index in [4.69, 9.17) is 4.52 Å². The van der Waals surface area contributed by atoms with Gasteiger partial charge in [-0.1, -0.05) is 29.4 Å². The van der Waals surface area contributed by atoms with Gasteiger partial charge in [-0.25, -0.2) is 4.99 Å². The minimum Gasteiger partial charge on any atom is -0.357 e. The highest BCUT2D eigenvalue weighted by Gasteiger charge is 2.20. The summed E-state index contributed by atoms with van der Waals surface area (Å²) in [5, 5.41) is 10.8. The maximum Gasteiger partial charge on any atom is 0.223 e. The molecule has 2 N–H and O–H groups in total. The highest BCUT2D eigenvalue weighted by atomic mass is 127. The van der Waals surface area contributed by atoms with Crippen molar-refractivity contribution in [3.05, 3.63) is 47.1 Å². The molecule has 0 bridgehead atoms. The molecule has 0 atom stereocenters. The third-order valence-electron chi connectivity index (χ3n) is 4.88.